The first kappa shape index (κ1) is 13.3. The van der Waals surface area contributed by atoms with E-state index in [2.05, 4.69) is 19.2 Å². The van der Waals surface area contributed by atoms with Crippen LogP contribution in [0.4, 0.5) is 0 Å². The van der Waals surface area contributed by atoms with Crippen molar-refractivity contribution in [3.63, 3.8) is 0 Å². The van der Waals surface area contributed by atoms with Crippen molar-refractivity contribution >= 4 is 11.8 Å². The third-order valence-corrected chi connectivity index (χ3v) is 3.31. The Balaban J connectivity index is 3.51. The number of aliphatic hydroxyl groups is 1. The number of hydrogen-bond acceptors (Lipinski definition) is 3. The molecule has 0 aliphatic rings. The van der Waals surface area contributed by atoms with Crippen LogP contribution in [0.25, 0.3) is 0 Å². The SMILES string of the molecule is CCSCC(C)NCC(C)(O)CC. The summed E-state index contributed by atoms with van der Waals surface area (Å²) in [5.41, 5.74) is -0.550. The Bertz CT molecular complexity index is 128. The fourth-order valence-electron chi connectivity index (χ4n) is 0.873. The minimum Gasteiger partial charge on any atom is -0.389 e. The Kier molecular flexibility index (Phi) is 6.82. The molecule has 80 valence electrons. The van der Waals surface area contributed by atoms with Gasteiger partial charge in [0.25, 0.3) is 0 Å². The van der Waals surface area contributed by atoms with Gasteiger partial charge in [0, 0.05) is 18.3 Å². The zero-order chi connectivity index (χ0) is 10.3. The Labute approximate surface area is 86.5 Å². The second kappa shape index (κ2) is 6.68. The molecular weight excluding hydrogens is 182 g/mol. The molecule has 0 rings (SSSR count). The molecule has 2 unspecified atom stereocenters. The molecule has 0 aliphatic carbocycles. The molecule has 0 aromatic carbocycles. The standard InChI is InChI=1S/C10H23NOS/c1-5-10(4,12)8-11-9(3)7-13-6-2/h9,11-12H,5-8H2,1-4H3. The first-order chi connectivity index (χ1) is 6.02. The van der Waals surface area contributed by atoms with Crippen LogP contribution in [-0.2, 0) is 0 Å². The Morgan fingerprint density at radius 2 is 2.08 bits per heavy atom. The molecule has 0 heterocycles. The Hall–Kier alpha value is 0.270. The average molecular weight is 205 g/mol. The lowest BCUT2D eigenvalue weighted by atomic mass is 10.0. The van der Waals surface area contributed by atoms with Gasteiger partial charge in [-0.2, -0.15) is 11.8 Å². The summed E-state index contributed by atoms with van der Waals surface area (Å²) in [5, 5.41) is 13.1. The summed E-state index contributed by atoms with van der Waals surface area (Å²) in [6.07, 6.45) is 0.799. The summed E-state index contributed by atoms with van der Waals surface area (Å²) in [6, 6.07) is 0.489. The molecule has 0 fully saturated rings. The van der Waals surface area contributed by atoms with Crippen LogP contribution < -0.4 is 5.32 Å². The third kappa shape index (κ3) is 7.35. The molecule has 0 bridgehead atoms. The Morgan fingerprint density at radius 3 is 2.54 bits per heavy atom. The van der Waals surface area contributed by atoms with Crippen LogP contribution in [0, 0.1) is 0 Å². The molecular formula is C10H23NOS. The van der Waals surface area contributed by atoms with Gasteiger partial charge in [-0.05, 0) is 26.0 Å². The highest BCUT2D eigenvalue weighted by Crippen LogP contribution is 2.07. The lowest BCUT2D eigenvalue weighted by Gasteiger charge is -2.24. The first-order valence-corrected chi connectivity index (χ1v) is 6.20. The van der Waals surface area contributed by atoms with Crippen molar-refractivity contribution in [1.82, 2.24) is 5.32 Å². The molecule has 0 radical (unpaired) electrons. The van der Waals surface area contributed by atoms with Crippen molar-refractivity contribution in [2.45, 2.75) is 45.8 Å². The molecule has 2 nitrogen and oxygen atoms in total. The van der Waals surface area contributed by atoms with Crippen LogP contribution >= 0.6 is 11.8 Å². The lowest BCUT2D eigenvalue weighted by molar-refractivity contribution is 0.0540. The van der Waals surface area contributed by atoms with Crippen molar-refractivity contribution in [3.05, 3.63) is 0 Å². The van der Waals surface area contributed by atoms with E-state index in [-0.39, 0.29) is 0 Å². The van der Waals surface area contributed by atoms with Gasteiger partial charge in [-0.3, -0.25) is 0 Å². The highest BCUT2D eigenvalue weighted by atomic mass is 32.2. The smallest absolute Gasteiger partial charge is 0.0741 e. The molecule has 0 aliphatic heterocycles. The van der Waals surface area contributed by atoms with Crippen molar-refractivity contribution < 1.29 is 5.11 Å². The van der Waals surface area contributed by atoms with Gasteiger partial charge in [0.05, 0.1) is 5.60 Å². The van der Waals surface area contributed by atoms with E-state index in [9.17, 15) is 5.11 Å². The first-order valence-electron chi connectivity index (χ1n) is 5.05. The molecule has 0 aromatic heterocycles. The van der Waals surface area contributed by atoms with Crippen LogP contribution in [0.2, 0.25) is 0 Å². The molecule has 3 heteroatoms. The normalized spacial score (nSPS) is 18.2. The highest BCUT2D eigenvalue weighted by Gasteiger charge is 2.17. The number of rotatable bonds is 7. The second-order valence-corrected chi connectivity index (χ2v) is 5.11. The van der Waals surface area contributed by atoms with Crippen molar-refractivity contribution in [2.24, 2.45) is 0 Å². The molecule has 0 amide bonds. The van der Waals surface area contributed by atoms with E-state index < -0.39 is 5.60 Å². The van der Waals surface area contributed by atoms with Crippen LogP contribution in [0.15, 0.2) is 0 Å². The van der Waals surface area contributed by atoms with Crippen molar-refractivity contribution in [3.8, 4) is 0 Å². The molecule has 0 saturated heterocycles. The van der Waals surface area contributed by atoms with Gasteiger partial charge in [0.2, 0.25) is 0 Å². The zero-order valence-corrected chi connectivity index (χ0v) is 10.1. The van der Waals surface area contributed by atoms with E-state index >= 15 is 0 Å². The van der Waals surface area contributed by atoms with E-state index in [1.54, 1.807) is 0 Å². The maximum absolute atomic E-state index is 9.73. The highest BCUT2D eigenvalue weighted by molar-refractivity contribution is 7.99. The molecule has 2 atom stereocenters. The van der Waals surface area contributed by atoms with Crippen LogP contribution in [0.5, 0.6) is 0 Å². The minimum atomic E-state index is -0.550. The van der Waals surface area contributed by atoms with Gasteiger partial charge in [-0.1, -0.05) is 13.8 Å². The topological polar surface area (TPSA) is 32.3 Å². The average Bonchev–Trinajstić information content (AvgIpc) is 2.11. The van der Waals surface area contributed by atoms with Gasteiger partial charge < -0.3 is 10.4 Å². The van der Waals surface area contributed by atoms with Crippen LogP contribution in [-0.4, -0.2) is 34.8 Å². The van der Waals surface area contributed by atoms with E-state index in [1.807, 2.05) is 25.6 Å². The molecule has 13 heavy (non-hydrogen) atoms. The lowest BCUT2D eigenvalue weighted by Crippen LogP contribution is -2.42. The number of thioether (sulfide) groups is 1. The minimum absolute atomic E-state index is 0.489. The van der Waals surface area contributed by atoms with Crippen LogP contribution in [0.1, 0.15) is 34.1 Å². The summed E-state index contributed by atoms with van der Waals surface area (Å²) in [7, 11) is 0. The van der Waals surface area contributed by atoms with Gasteiger partial charge in [-0.15, -0.1) is 0 Å². The fourth-order valence-corrected chi connectivity index (χ4v) is 1.58. The summed E-state index contributed by atoms with van der Waals surface area (Å²) in [5.74, 6) is 2.28. The third-order valence-electron chi connectivity index (χ3n) is 2.16. The predicted octanol–water partition coefficient (Wildman–Crippen LogP) is 1.88. The molecule has 2 N–H and O–H groups in total. The van der Waals surface area contributed by atoms with E-state index in [4.69, 9.17) is 0 Å². The van der Waals surface area contributed by atoms with E-state index in [1.165, 1.54) is 0 Å². The quantitative estimate of drug-likeness (QED) is 0.665. The maximum Gasteiger partial charge on any atom is 0.0741 e. The van der Waals surface area contributed by atoms with Gasteiger partial charge in [-0.25, -0.2) is 0 Å². The molecule has 0 spiro atoms. The Morgan fingerprint density at radius 1 is 1.46 bits per heavy atom. The predicted molar refractivity (Wildman–Crippen MR) is 61.4 cm³/mol. The van der Waals surface area contributed by atoms with E-state index in [0.29, 0.717) is 12.6 Å². The van der Waals surface area contributed by atoms with Gasteiger partial charge in [0.15, 0.2) is 0 Å². The van der Waals surface area contributed by atoms with Crippen LogP contribution in [0.3, 0.4) is 0 Å². The summed E-state index contributed by atoms with van der Waals surface area (Å²) < 4.78 is 0. The summed E-state index contributed by atoms with van der Waals surface area (Å²) in [4.78, 5) is 0. The largest absolute Gasteiger partial charge is 0.389 e. The number of hydrogen-bond donors (Lipinski definition) is 2. The monoisotopic (exact) mass is 205 g/mol. The van der Waals surface area contributed by atoms with Crippen molar-refractivity contribution in [2.75, 3.05) is 18.1 Å². The van der Waals surface area contributed by atoms with Gasteiger partial charge >= 0.3 is 0 Å². The fraction of sp³-hybridized carbons (Fsp3) is 1.00. The summed E-state index contributed by atoms with van der Waals surface area (Å²) >= 11 is 1.93. The second-order valence-electron chi connectivity index (χ2n) is 3.79. The molecule has 0 saturated carbocycles. The van der Waals surface area contributed by atoms with Gasteiger partial charge in [0.1, 0.15) is 0 Å². The zero-order valence-electron chi connectivity index (χ0n) is 9.26. The number of nitrogens with one attached hydrogen (secondary N) is 1. The molecule has 0 aromatic rings. The maximum atomic E-state index is 9.73. The van der Waals surface area contributed by atoms with Crippen molar-refractivity contribution in [1.29, 1.82) is 0 Å². The van der Waals surface area contributed by atoms with E-state index in [0.717, 1.165) is 17.9 Å². The summed E-state index contributed by atoms with van der Waals surface area (Å²) in [6.45, 7) is 8.90.